The molecule has 60 heavy (non-hydrogen) atoms. The molecule has 3 aliphatic rings. The molecular formula is C48H16F2N10. The summed E-state index contributed by atoms with van der Waals surface area (Å²) in [6, 6.07) is 38.8. The molecule has 0 saturated carbocycles. The van der Waals surface area contributed by atoms with Gasteiger partial charge in [-0.15, -0.1) is 0 Å². The largest absolute Gasteiger partial charge is 0.206 e. The Bertz CT molecular complexity index is 3260. The molecule has 0 saturated heterocycles. The second-order valence-electron chi connectivity index (χ2n) is 13.4. The van der Waals surface area contributed by atoms with Crippen molar-refractivity contribution >= 4 is 22.3 Å². The number of hydrogen-bond donors (Lipinski definition) is 0. The lowest BCUT2D eigenvalue weighted by atomic mass is 9.65. The maximum absolute atomic E-state index is 17.6. The number of benzene rings is 4. The standard InChI is InChI=1S/C48H16F2N10/c49-47-37(23-59)41-39(31-5-1-25(15-51)2-6-31)45-42(38(24-60)48(50)43(45)35(21-57)33-11-27(17-53)9-28(12-33)18-54)40(32-7-3-26(16-52)4-8-32)46(41)44(47)36(22-58)34-13-29(19-55)10-30(14-34)20-56/h1-14,41,46H/b43-35-,44-36-. The molecule has 0 radical (unpaired) electrons. The van der Waals surface area contributed by atoms with Crippen molar-refractivity contribution < 1.29 is 8.78 Å². The molecule has 2 unspecified atom stereocenters. The number of halogens is 2. The predicted molar refractivity (Wildman–Crippen MR) is 207 cm³/mol. The summed E-state index contributed by atoms with van der Waals surface area (Å²) in [6.45, 7) is 0. The van der Waals surface area contributed by atoms with E-state index in [1.54, 1.807) is 0 Å². The number of nitrogens with zero attached hydrogens (tertiary/aromatic N) is 10. The molecule has 7 rings (SSSR count). The normalized spacial score (nSPS) is 17.8. The van der Waals surface area contributed by atoms with Crippen molar-refractivity contribution in [3.8, 4) is 60.7 Å². The molecule has 0 amide bonds. The van der Waals surface area contributed by atoms with Crippen molar-refractivity contribution in [1.82, 2.24) is 0 Å². The van der Waals surface area contributed by atoms with Crippen LogP contribution in [0.5, 0.6) is 0 Å². The predicted octanol–water partition coefficient (Wildman–Crippen LogP) is 8.85. The zero-order chi connectivity index (χ0) is 42.8. The third-order valence-corrected chi connectivity index (χ3v) is 10.4. The topological polar surface area (TPSA) is 238 Å². The first-order chi connectivity index (χ1) is 29.1. The molecule has 0 aliphatic heterocycles. The fourth-order valence-corrected chi connectivity index (χ4v) is 7.98. The van der Waals surface area contributed by atoms with Crippen LogP contribution in [0.2, 0.25) is 0 Å². The zero-order valence-electron chi connectivity index (χ0n) is 30.5. The van der Waals surface area contributed by atoms with E-state index in [0.29, 0.717) is 0 Å². The fraction of sp³-hybridized carbons (Fsp3) is 0.0417. The summed E-state index contributed by atoms with van der Waals surface area (Å²) in [5.41, 5.74) is -2.26. The van der Waals surface area contributed by atoms with Gasteiger partial charge in [-0.1, -0.05) is 24.3 Å². The van der Waals surface area contributed by atoms with Crippen molar-refractivity contribution in [1.29, 1.82) is 52.6 Å². The number of nitriles is 10. The molecule has 0 N–H and O–H groups in total. The van der Waals surface area contributed by atoms with Gasteiger partial charge in [-0.3, -0.25) is 0 Å². The Morgan fingerprint density at radius 2 is 0.833 bits per heavy atom. The van der Waals surface area contributed by atoms with E-state index in [-0.39, 0.29) is 89.1 Å². The zero-order valence-corrected chi connectivity index (χ0v) is 30.5. The van der Waals surface area contributed by atoms with E-state index >= 15 is 8.78 Å². The van der Waals surface area contributed by atoms with Crippen LogP contribution < -0.4 is 0 Å². The van der Waals surface area contributed by atoms with Crippen molar-refractivity contribution in [3.63, 3.8) is 0 Å². The molecule has 4 aromatic rings. The summed E-state index contributed by atoms with van der Waals surface area (Å²) in [6.07, 6.45) is 0. The lowest BCUT2D eigenvalue weighted by molar-refractivity contribution is 0.642. The number of fused-ring (bicyclic) bond motifs is 2. The van der Waals surface area contributed by atoms with Gasteiger partial charge >= 0.3 is 0 Å². The van der Waals surface area contributed by atoms with Gasteiger partial charge in [0, 0.05) is 28.6 Å². The number of rotatable bonds is 4. The van der Waals surface area contributed by atoms with Crippen LogP contribution in [0.3, 0.4) is 0 Å². The van der Waals surface area contributed by atoms with Gasteiger partial charge in [0.15, 0.2) is 5.83 Å². The average Bonchev–Trinajstić information content (AvgIpc) is 3.74. The molecule has 0 bridgehead atoms. The van der Waals surface area contributed by atoms with Gasteiger partial charge in [0.05, 0.1) is 98.2 Å². The Morgan fingerprint density at radius 1 is 0.417 bits per heavy atom. The fourth-order valence-electron chi connectivity index (χ4n) is 7.98. The van der Waals surface area contributed by atoms with E-state index in [1.807, 2.05) is 60.7 Å². The number of allylic oxidation sites excluding steroid dienone is 12. The molecule has 0 heterocycles. The minimum atomic E-state index is -1.42. The first-order valence-electron chi connectivity index (χ1n) is 17.5. The van der Waals surface area contributed by atoms with Gasteiger partial charge in [0.2, 0.25) is 0 Å². The molecule has 0 fully saturated rings. The highest BCUT2D eigenvalue weighted by atomic mass is 19.1. The highest BCUT2D eigenvalue weighted by Crippen LogP contribution is 2.64. The summed E-state index contributed by atoms with van der Waals surface area (Å²) in [7, 11) is 0. The van der Waals surface area contributed by atoms with Crippen LogP contribution in [-0.4, -0.2) is 0 Å². The van der Waals surface area contributed by atoms with E-state index in [0.717, 1.165) is 0 Å². The molecule has 272 valence electrons. The highest BCUT2D eigenvalue weighted by molar-refractivity contribution is 6.06. The summed E-state index contributed by atoms with van der Waals surface area (Å²) >= 11 is 0. The van der Waals surface area contributed by atoms with Gasteiger partial charge in [-0.25, -0.2) is 8.78 Å². The Balaban J connectivity index is 1.76. The van der Waals surface area contributed by atoms with E-state index in [9.17, 15) is 52.6 Å². The van der Waals surface area contributed by atoms with Crippen LogP contribution in [0.15, 0.2) is 130 Å². The van der Waals surface area contributed by atoms with Crippen LogP contribution >= 0.6 is 0 Å². The average molecular weight is 771 g/mol. The van der Waals surface area contributed by atoms with Gasteiger partial charge in [-0.2, -0.15) is 52.6 Å². The van der Waals surface area contributed by atoms with E-state index in [1.165, 1.54) is 84.9 Å². The third-order valence-electron chi connectivity index (χ3n) is 10.4. The van der Waals surface area contributed by atoms with Crippen LogP contribution in [0.1, 0.15) is 55.6 Å². The highest BCUT2D eigenvalue weighted by Gasteiger charge is 2.53. The Hall–Kier alpha value is -9.92. The molecular weight excluding hydrogens is 755 g/mol. The van der Waals surface area contributed by atoms with Crippen molar-refractivity contribution in [2.45, 2.75) is 0 Å². The summed E-state index contributed by atoms with van der Waals surface area (Å²) in [5, 5.41) is 102. The molecule has 12 heteroatoms. The summed E-state index contributed by atoms with van der Waals surface area (Å²) < 4.78 is 35.1. The second-order valence-corrected chi connectivity index (χ2v) is 13.4. The van der Waals surface area contributed by atoms with Crippen LogP contribution in [0.25, 0.3) is 22.3 Å². The van der Waals surface area contributed by atoms with Crippen molar-refractivity contribution in [2.24, 2.45) is 11.8 Å². The molecule has 4 aromatic carbocycles. The monoisotopic (exact) mass is 770 g/mol. The van der Waals surface area contributed by atoms with Gasteiger partial charge in [0.1, 0.15) is 24.0 Å². The van der Waals surface area contributed by atoms with Crippen molar-refractivity contribution in [2.75, 3.05) is 0 Å². The Morgan fingerprint density at radius 3 is 1.22 bits per heavy atom. The SMILES string of the molecule is N#CC1=C(F)/C(=C(/C#N)c2cc(C#N)cc(C#N)c2)C2=C(c3ccc(C#N)cc3)C3C(C#N)=C(F)/C(=C(/C#N)c4cc(C#N)cc(C#N)c4)C3C(c3ccc(C#N)cc3)=C12. The lowest BCUT2D eigenvalue weighted by Gasteiger charge is -2.36. The third kappa shape index (κ3) is 5.93. The Kier molecular flexibility index (Phi) is 9.79. The molecule has 0 aromatic heterocycles. The molecule has 10 nitrogen and oxygen atoms in total. The minimum absolute atomic E-state index is 0.0296. The minimum Gasteiger partial charge on any atom is -0.206 e. The van der Waals surface area contributed by atoms with Gasteiger partial charge < -0.3 is 0 Å². The lowest BCUT2D eigenvalue weighted by Crippen LogP contribution is -2.24. The van der Waals surface area contributed by atoms with Crippen LogP contribution in [-0.2, 0) is 0 Å². The molecule has 0 spiro atoms. The number of hydrogen-bond acceptors (Lipinski definition) is 10. The summed E-state index contributed by atoms with van der Waals surface area (Å²) in [5.74, 6) is -5.15. The van der Waals surface area contributed by atoms with Crippen molar-refractivity contribution in [3.05, 3.63) is 186 Å². The first-order valence-corrected chi connectivity index (χ1v) is 17.5. The smallest absolute Gasteiger partial charge is 0.150 e. The van der Waals surface area contributed by atoms with E-state index in [2.05, 4.69) is 0 Å². The molecule has 3 aliphatic carbocycles. The van der Waals surface area contributed by atoms with Gasteiger partial charge in [-0.05, 0) is 99.6 Å². The quantitative estimate of drug-likeness (QED) is 0.179. The Labute approximate surface area is 340 Å². The maximum atomic E-state index is 17.6. The second kappa shape index (κ2) is 15.3. The molecule has 2 atom stereocenters. The van der Waals surface area contributed by atoms with E-state index < -0.39 is 45.8 Å². The van der Waals surface area contributed by atoms with Crippen LogP contribution in [0, 0.1) is 125 Å². The first kappa shape index (κ1) is 38.4. The van der Waals surface area contributed by atoms with Gasteiger partial charge in [0.25, 0.3) is 0 Å². The van der Waals surface area contributed by atoms with E-state index in [4.69, 9.17) is 0 Å². The van der Waals surface area contributed by atoms with Crippen LogP contribution in [0.4, 0.5) is 8.78 Å². The summed E-state index contributed by atoms with van der Waals surface area (Å²) in [4.78, 5) is 0. The maximum Gasteiger partial charge on any atom is 0.150 e.